The molecule has 6 heteroatoms. The van der Waals surface area contributed by atoms with Crippen molar-refractivity contribution in [1.29, 1.82) is 0 Å². The fraction of sp³-hybridized carbons (Fsp3) is 0.200. The Morgan fingerprint density at radius 2 is 1.50 bits per heavy atom. The van der Waals surface area contributed by atoms with Gasteiger partial charge in [-0.3, -0.25) is 9.69 Å². The van der Waals surface area contributed by atoms with E-state index in [1.165, 1.54) is 11.8 Å². The third kappa shape index (κ3) is 6.32. The lowest BCUT2D eigenvalue weighted by Crippen LogP contribution is -2.28. The molecule has 1 aliphatic rings. The maximum Gasteiger partial charge on any atom is 0.270 e. The average molecular weight is 515 g/mol. The molecule has 3 aromatic rings. The fourth-order valence-corrected chi connectivity index (χ4v) is 5.22. The quantitative estimate of drug-likeness (QED) is 0.220. The van der Waals surface area contributed by atoms with Crippen molar-refractivity contribution in [1.82, 2.24) is 4.90 Å². The van der Waals surface area contributed by atoms with E-state index in [2.05, 4.69) is 43.0 Å². The standard InChI is InChI=1S/C30H30N2O2S2/c1-3-31(4-2)21-22-34-26-17-15-25(16-18-26)32-29(33)28(36-30(32)35)20-19-27(23-11-7-5-8-12-23)24-13-9-6-10-14-24/h5-20H,3-4,21-22H2,1-2H3. The van der Waals surface area contributed by atoms with E-state index < -0.39 is 0 Å². The second kappa shape index (κ2) is 12.7. The van der Waals surface area contributed by atoms with Crippen molar-refractivity contribution in [2.24, 2.45) is 0 Å². The van der Waals surface area contributed by atoms with Crippen LogP contribution in [0, 0.1) is 0 Å². The van der Waals surface area contributed by atoms with Gasteiger partial charge in [0.1, 0.15) is 12.4 Å². The van der Waals surface area contributed by atoms with E-state index >= 15 is 0 Å². The van der Waals surface area contributed by atoms with Gasteiger partial charge in [-0.1, -0.05) is 105 Å². The Morgan fingerprint density at radius 3 is 2.06 bits per heavy atom. The highest BCUT2D eigenvalue weighted by Gasteiger charge is 2.33. The third-order valence-corrected chi connectivity index (χ3v) is 7.35. The molecule has 0 unspecified atom stereocenters. The highest BCUT2D eigenvalue weighted by atomic mass is 32.2. The van der Waals surface area contributed by atoms with Crippen molar-refractivity contribution in [2.45, 2.75) is 13.8 Å². The van der Waals surface area contributed by atoms with Gasteiger partial charge < -0.3 is 9.64 Å². The van der Waals surface area contributed by atoms with Crippen molar-refractivity contribution in [3.8, 4) is 5.75 Å². The molecule has 0 aliphatic carbocycles. The molecule has 4 nitrogen and oxygen atoms in total. The van der Waals surface area contributed by atoms with Crippen LogP contribution in [-0.2, 0) is 4.79 Å². The van der Waals surface area contributed by atoms with Crippen LogP contribution in [0.25, 0.3) is 5.57 Å². The summed E-state index contributed by atoms with van der Waals surface area (Å²) in [5.41, 5.74) is 3.97. The first-order chi connectivity index (χ1) is 17.6. The lowest BCUT2D eigenvalue weighted by Gasteiger charge is -2.18. The largest absolute Gasteiger partial charge is 0.492 e. The van der Waals surface area contributed by atoms with Crippen molar-refractivity contribution in [2.75, 3.05) is 31.1 Å². The summed E-state index contributed by atoms with van der Waals surface area (Å²) in [4.78, 5) is 17.8. The zero-order valence-corrected chi connectivity index (χ0v) is 22.2. The van der Waals surface area contributed by atoms with Crippen LogP contribution in [0.15, 0.2) is 102 Å². The molecular formula is C30H30N2O2S2. The lowest BCUT2D eigenvalue weighted by molar-refractivity contribution is -0.113. The first kappa shape index (κ1) is 25.9. The number of allylic oxidation sites excluding steroid dienone is 2. The molecule has 0 aromatic heterocycles. The number of hydrogen-bond donors (Lipinski definition) is 0. The van der Waals surface area contributed by atoms with Crippen molar-refractivity contribution >= 4 is 45.5 Å². The molecule has 1 amide bonds. The Bertz CT molecular complexity index is 1190. The first-order valence-electron chi connectivity index (χ1n) is 12.1. The number of likely N-dealkylation sites (N-methyl/N-ethyl adjacent to an activating group) is 1. The summed E-state index contributed by atoms with van der Waals surface area (Å²) in [7, 11) is 0. The van der Waals surface area contributed by atoms with Crippen molar-refractivity contribution < 1.29 is 9.53 Å². The van der Waals surface area contributed by atoms with Crippen LogP contribution in [0.4, 0.5) is 5.69 Å². The van der Waals surface area contributed by atoms with Gasteiger partial charge in [-0.15, -0.1) is 0 Å². The van der Waals surface area contributed by atoms with Gasteiger partial charge in [0, 0.05) is 6.54 Å². The predicted molar refractivity (Wildman–Crippen MR) is 155 cm³/mol. The molecule has 3 aromatic carbocycles. The van der Waals surface area contributed by atoms with Crippen molar-refractivity contribution in [3.63, 3.8) is 0 Å². The zero-order valence-electron chi connectivity index (χ0n) is 20.6. The van der Waals surface area contributed by atoms with Gasteiger partial charge in [0.2, 0.25) is 0 Å². The number of rotatable bonds is 10. The minimum absolute atomic E-state index is 0.114. The molecule has 1 fully saturated rings. The molecule has 184 valence electrons. The van der Waals surface area contributed by atoms with Gasteiger partial charge in [0.25, 0.3) is 5.91 Å². The van der Waals surface area contributed by atoms with E-state index in [9.17, 15) is 4.79 Å². The Hall–Kier alpha value is -3.19. The summed E-state index contributed by atoms with van der Waals surface area (Å²) in [6.07, 6.45) is 3.88. The number of thioether (sulfide) groups is 1. The summed E-state index contributed by atoms with van der Waals surface area (Å²) in [6.45, 7) is 7.82. The summed E-state index contributed by atoms with van der Waals surface area (Å²) in [5, 5.41) is 0. The van der Waals surface area contributed by atoms with E-state index in [0.717, 1.165) is 47.8 Å². The van der Waals surface area contributed by atoms with Gasteiger partial charge in [0.05, 0.1) is 10.6 Å². The van der Waals surface area contributed by atoms with Crippen LogP contribution in [-0.4, -0.2) is 41.4 Å². The molecule has 4 rings (SSSR count). The summed E-state index contributed by atoms with van der Waals surface area (Å²) >= 11 is 6.89. The highest BCUT2D eigenvalue weighted by Crippen LogP contribution is 2.36. The average Bonchev–Trinajstić information content (AvgIpc) is 3.21. The second-order valence-corrected chi connectivity index (χ2v) is 9.90. The maximum atomic E-state index is 13.3. The summed E-state index contributed by atoms with van der Waals surface area (Å²) < 4.78 is 6.40. The van der Waals surface area contributed by atoms with Gasteiger partial charge in [-0.2, -0.15) is 0 Å². The van der Waals surface area contributed by atoms with E-state index in [1.807, 2.05) is 72.8 Å². The molecule has 1 aliphatic heterocycles. The normalized spacial score (nSPS) is 14.5. The molecule has 0 bridgehead atoms. The third-order valence-electron chi connectivity index (χ3n) is 6.03. The highest BCUT2D eigenvalue weighted by molar-refractivity contribution is 8.27. The topological polar surface area (TPSA) is 32.8 Å². The minimum atomic E-state index is -0.114. The Kier molecular flexibility index (Phi) is 9.11. The monoisotopic (exact) mass is 514 g/mol. The van der Waals surface area contributed by atoms with Crippen LogP contribution < -0.4 is 9.64 Å². The molecular weight excluding hydrogens is 484 g/mol. The number of amides is 1. The van der Waals surface area contributed by atoms with Crippen molar-refractivity contribution in [3.05, 3.63) is 113 Å². The number of carbonyl (C=O) groups is 1. The van der Waals surface area contributed by atoms with Crippen LogP contribution in [0.3, 0.4) is 0 Å². The number of carbonyl (C=O) groups excluding carboxylic acids is 1. The van der Waals surface area contributed by atoms with Crippen LogP contribution >= 0.6 is 24.0 Å². The zero-order chi connectivity index (χ0) is 25.3. The molecule has 0 N–H and O–H groups in total. The number of ether oxygens (including phenoxy) is 1. The van der Waals surface area contributed by atoms with Crippen LogP contribution in [0.5, 0.6) is 5.75 Å². The SMILES string of the molecule is CCN(CC)CCOc1ccc(N2C(=O)C(=CC=C(c3ccccc3)c3ccccc3)SC2=S)cc1. The molecule has 0 saturated carbocycles. The number of benzene rings is 3. The fourth-order valence-electron chi connectivity index (χ4n) is 3.98. The van der Waals surface area contributed by atoms with Gasteiger partial charge in [-0.25, -0.2) is 0 Å². The molecule has 1 saturated heterocycles. The van der Waals surface area contributed by atoms with Gasteiger partial charge in [0.15, 0.2) is 4.32 Å². The number of anilines is 1. The van der Waals surface area contributed by atoms with E-state index in [1.54, 1.807) is 4.90 Å². The van der Waals surface area contributed by atoms with Crippen LogP contribution in [0.1, 0.15) is 25.0 Å². The van der Waals surface area contributed by atoms with E-state index in [0.29, 0.717) is 15.8 Å². The molecule has 0 atom stereocenters. The maximum absolute atomic E-state index is 13.3. The number of hydrogen-bond acceptors (Lipinski definition) is 5. The van der Waals surface area contributed by atoms with E-state index in [-0.39, 0.29) is 5.91 Å². The van der Waals surface area contributed by atoms with Gasteiger partial charge >= 0.3 is 0 Å². The molecule has 0 spiro atoms. The summed E-state index contributed by atoms with van der Waals surface area (Å²) in [6, 6.07) is 27.9. The minimum Gasteiger partial charge on any atom is -0.492 e. The summed E-state index contributed by atoms with van der Waals surface area (Å²) in [5.74, 6) is 0.669. The Labute approximate surface area is 223 Å². The number of thiocarbonyl (C=S) groups is 1. The molecule has 0 radical (unpaired) electrons. The van der Waals surface area contributed by atoms with E-state index in [4.69, 9.17) is 17.0 Å². The Morgan fingerprint density at radius 1 is 0.917 bits per heavy atom. The second-order valence-electron chi connectivity index (χ2n) is 8.22. The van der Waals surface area contributed by atoms with Crippen LogP contribution in [0.2, 0.25) is 0 Å². The molecule has 1 heterocycles. The smallest absolute Gasteiger partial charge is 0.270 e. The predicted octanol–water partition coefficient (Wildman–Crippen LogP) is 6.79. The first-order valence-corrected chi connectivity index (χ1v) is 13.4. The molecule has 36 heavy (non-hydrogen) atoms. The Balaban J connectivity index is 1.50. The number of nitrogens with zero attached hydrogens (tertiary/aromatic N) is 2. The van der Waals surface area contributed by atoms with Gasteiger partial charge in [-0.05, 0) is 60.1 Å². The lowest BCUT2D eigenvalue weighted by atomic mass is 9.97.